The fraction of sp³-hybridized carbons (Fsp3) is 0.125. The number of nitro benzene ring substituents is 1. The molecule has 1 aromatic carbocycles. The van der Waals surface area contributed by atoms with Gasteiger partial charge in [0, 0.05) is 5.02 Å². The summed E-state index contributed by atoms with van der Waals surface area (Å²) >= 11 is 5.62. The molecule has 15 heavy (non-hydrogen) atoms. The van der Waals surface area contributed by atoms with Crippen LogP contribution in [0.1, 0.15) is 10.4 Å². The minimum atomic E-state index is -0.851. The zero-order valence-corrected chi connectivity index (χ0v) is 8.45. The van der Waals surface area contributed by atoms with E-state index in [1.807, 2.05) is 0 Å². The third-order valence-corrected chi connectivity index (χ3v) is 1.91. The van der Waals surface area contributed by atoms with Crippen LogP contribution < -0.4 is 5.73 Å². The molecule has 0 spiro atoms. The number of methoxy groups -OCH3 is 1. The van der Waals surface area contributed by atoms with Gasteiger partial charge in [-0.2, -0.15) is 0 Å². The number of carbonyl (C=O) groups excluding carboxylic acids is 1. The molecule has 2 N–H and O–H groups in total. The molecule has 80 valence electrons. The molecule has 0 bridgehead atoms. The molecule has 0 saturated carbocycles. The van der Waals surface area contributed by atoms with Crippen molar-refractivity contribution in [2.24, 2.45) is 0 Å². The molecule has 0 atom stereocenters. The van der Waals surface area contributed by atoms with Crippen molar-refractivity contribution in [1.82, 2.24) is 0 Å². The Morgan fingerprint density at radius 3 is 2.67 bits per heavy atom. The average molecular weight is 231 g/mol. The molecule has 0 amide bonds. The second-order valence-corrected chi connectivity index (χ2v) is 3.08. The molecule has 7 heteroatoms. The minimum absolute atomic E-state index is 0.138. The summed E-state index contributed by atoms with van der Waals surface area (Å²) in [6, 6.07) is 2.34. The van der Waals surface area contributed by atoms with Crippen molar-refractivity contribution in [3.63, 3.8) is 0 Å². The zero-order chi connectivity index (χ0) is 11.6. The SMILES string of the molecule is COC(=O)c1cc(Cl)cc(N)c1[N+](=O)[O-]. The van der Waals surface area contributed by atoms with Crippen LogP contribution in [0.15, 0.2) is 12.1 Å². The molecule has 0 aliphatic rings. The normalized spacial score (nSPS) is 9.73. The monoisotopic (exact) mass is 230 g/mol. The van der Waals surface area contributed by atoms with E-state index in [0.29, 0.717) is 0 Å². The van der Waals surface area contributed by atoms with Crippen LogP contribution in [0.5, 0.6) is 0 Å². The molecule has 0 fully saturated rings. The lowest BCUT2D eigenvalue weighted by molar-refractivity contribution is -0.384. The summed E-state index contributed by atoms with van der Waals surface area (Å²) in [7, 11) is 1.11. The Morgan fingerprint density at radius 2 is 2.20 bits per heavy atom. The van der Waals surface area contributed by atoms with Gasteiger partial charge in [0.15, 0.2) is 0 Å². The van der Waals surface area contributed by atoms with Crippen LogP contribution in [0.3, 0.4) is 0 Å². The predicted molar refractivity (Wildman–Crippen MR) is 53.9 cm³/mol. The summed E-state index contributed by atoms with van der Waals surface area (Å²) in [4.78, 5) is 21.1. The number of esters is 1. The number of rotatable bonds is 2. The predicted octanol–water partition coefficient (Wildman–Crippen LogP) is 1.62. The highest BCUT2D eigenvalue weighted by molar-refractivity contribution is 6.31. The summed E-state index contributed by atoms with van der Waals surface area (Å²) in [5, 5.41) is 10.8. The van der Waals surface area contributed by atoms with Crippen molar-refractivity contribution >= 4 is 28.9 Å². The van der Waals surface area contributed by atoms with Crippen molar-refractivity contribution in [2.75, 3.05) is 12.8 Å². The van der Waals surface area contributed by atoms with Gasteiger partial charge >= 0.3 is 11.7 Å². The van der Waals surface area contributed by atoms with E-state index in [1.165, 1.54) is 6.07 Å². The van der Waals surface area contributed by atoms with Crippen molar-refractivity contribution in [2.45, 2.75) is 0 Å². The number of nitrogens with two attached hydrogens (primary N) is 1. The number of anilines is 1. The van der Waals surface area contributed by atoms with E-state index in [9.17, 15) is 14.9 Å². The van der Waals surface area contributed by atoms with Crippen LogP contribution in [-0.4, -0.2) is 18.0 Å². The first kappa shape index (κ1) is 11.3. The van der Waals surface area contributed by atoms with Crippen LogP contribution in [0.2, 0.25) is 5.02 Å². The highest BCUT2D eigenvalue weighted by Crippen LogP contribution is 2.30. The summed E-state index contributed by atoms with van der Waals surface area (Å²) < 4.78 is 4.38. The molecule has 0 aromatic heterocycles. The molecule has 0 saturated heterocycles. The maximum atomic E-state index is 11.2. The van der Waals surface area contributed by atoms with Crippen LogP contribution in [0.4, 0.5) is 11.4 Å². The number of nitrogens with zero attached hydrogens (tertiary/aromatic N) is 1. The van der Waals surface area contributed by atoms with Crippen molar-refractivity contribution in [3.8, 4) is 0 Å². The molecular formula is C8H7ClN2O4. The summed E-state index contributed by atoms with van der Waals surface area (Å²) in [5.41, 5.74) is 4.46. The van der Waals surface area contributed by atoms with Gasteiger partial charge in [-0.15, -0.1) is 0 Å². The van der Waals surface area contributed by atoms with E-state index in [-0.39, 0.29) is 16.3 Å². The van der Waals surface area contributed by atoms with Crippen LogP contribution in [-0.2, 0) is 4.74 Å². The van der Waals surface area contributed by atoms with Gasteiger partial charge < -0.3 is 10.5 Å². The fourth-order valence-electron chi connectivity index (χ4n) is 1.09. The number of hydrogen-bond donors (Lipinski definition) is 1. The maximum Gasteiger partial charge on any atom is 0.345 e. The first-order valence-corrected chi connectivity index (χ1v) is 4.17. The molecular weight excluding hydrogens is 224 g/mol. The Labute approximate surface area is 89.7 Å². The average Bonchev–Trinajstić information content (AvgIpc) is 2.14. The quantitative estimate of drug-likeness (QED) is 0.360. The summed E-state index contributed by atoms with van der Waals surface area (Å²) in [6.07, 6.45) is 0. The first-order valence-electron chi connectivity index (χ1n) is 3.79. The summed E-state index contributed by atoms with van der Waals surface area (Å²) in [6.45, 7) is 0. The molecule has 6 nitrogen and oxygen atoms in total. The van der Waals surface area contributed by atoms with Gasteiger partial charge in [-0.25, -0.2) is 4.79 Å². The third kappa shape index (κ3) is 2.16. The Kier molecular flexibility index (Phi) is 3.11. The van der Waals surface area contributed by atoms with Crippen molar-refractivity contribution in [1.29, 1.82) is 0 Å². The number of ether oxygens (including phenoxy) is 1. The molecule has 1 aromatic rings. The number of nitrogen functional groups attached to an aromatic ring is 1. The van der Waals surface area contributed by atoms with E-state index < -0.39 is 16.6 Å². The van der Waals surface area contributed by atoms with Gasteiger partial charge in [0.2, 0.25) is 0 Å². The third-order valence-electron chi connectivity index (χ3n) is 1.69. The van der Waals surface area contributed by atoms with Crippen LogP contribution in [0, 0.1) is 10.1 Å². The number of nitro groups is 1. The topological polar surface area (TPSA) is 95.5 Å². The van der Waals surface area contributed by atoms with E-state index in [1.54, 1.807) is 0 Å². The fourth-order valence-corrected chi connectivity index (χ4v) is 1.32. The highest BCUT2D eigenvalue weighted by atomic mass is 35.5. The lowest BCUT2D eigenvalue weighted by Gasteiger charge is -2.04. The van der Waals surface area contributed by atoms with Crippen molar-refractivity contribution in [3.05, 3.63) is 32.8 Å². The van der Waals surface area contributed by atoms with E-state index in [4.69, 9.17) is 17.3 Å². The standard InChI is InChI=1S/C8H7ClN2O4/c1-15-8(12)5-2-4(9)3-6(10)7(5)11(13)14/h2-3H,10H2,1H3. The molecule has 0 unspecified atom stereocenters. The minimum Gasteiger partial charge on any atom is -0.465 e. The van der Waals surface area contributed by atoms with E-state index in [0.717, 1.165) is 13.2 Å². The van der Waals surface area contributed by atoms with E-state index >= 15 is 0 Å². The number of benzene rings is 1. The van der Waals surface area contributed by atoms with Gasteiger partial charge in [-0.1, -0.05) is 11.6 Å². The first-order chi connectivity index (χ1) is 6.97. The van der Waals surface area contributed by atoms with Crippen molar-refractivity contribution < 1.29 is 14.5 Å². The molecule has 0 heterocycles. The zero-order valence-electron chi connectivity index (χ0n) is 7.69. The lowest BCUT2D eigenvalue weighted by atomic mass is 10.1. The number of carbonyl (C=O) groups is 1. The summed E-state index contributed by atoms with van der Waals surface area (Å²) in [5.74, 6) is -0.851. The van der Waals surface area contributed by atoms with Crippen LogP contribution in [0.25, 0.3) is 0 Å². The molecule has 1 rings (SSSR count). The Balaban J connectivity index is 3.46. The Bertz CT molecular complexity index is 433. The van der Waals surface area contributed by atoms with Crippen LogP contribution >= 0.6 is 11.6 Å². The smallest absolute Gasteiger partial charge is 0.345 e. The van der Waals surface area contributed by atoms with E-state index in [2.05, 4.69) is 4.74 Å². The largest absolute Gasteiger partial charge is 0.465 e. The molecule has 0 aliphatic heterocycles. The number of hydrogen-bond acceptors (Lipinski definition) is 5. The molecule has 0 aliphatic carbocycles. The van der Waals surface area contributed by atoms with Gasteiger partial charge in [0.05, 0.1) is 12.0 Å². The lowest BCUT2D eigenvalue weighted by Crippen LogP contribution is -2.08. The van der Waals surface area contributed by atoms with Gasteiger partial charge in [-0.3, -0.25) is 10.1 Å². The Hall–Kier alpha value is -1.82. The number of halogens is 1. The van der Waals surface area contributed by atoms with Gasteiger partial charge in [0.25, 0.3) is 0 Å². The second kappa shape index (κ2) is 4.14. The Morgan fingerprint density at radius 1 is 1.60 bits per heavy atom. The molecule has 0 radical (unpaired) electrons. The van der Waals surface area contributed by atoms with Gasteiger partial charge in [0.1, 0.15) is 11.3 Å². The maximum absolute atomic E-state index is 11.2. The van der Waals surface area contributed by atoms with Gasteiger partial charge in [-0.05, 0) is 12.1 Å². The highest BCUT2D eigenvalue weighted by Gasteiger charge is 2.24. The second-order valence-electron chi connectivity index (χ2n) is 2.64.